The van der Waals surface area contributed by atoms with E-state index >= 15 is 0 Å². The molecule has 2 fully saturated rings. The molecule has 0 aliphatic carbocycles. The van der Waals surface area contributed by atoms with Gasteiger partial charge in [-0.25, -0.2) is 4.39 Å². The lowest BCUT2D eigenvalue weighted by atomic mass is 9.87. The maximum atomic E-state index is 13.9. The number of likely N-dealkylation sites (tertiary alicyclic amines) is 2. The zero-order valence-electron chi connectivity index (χ0n) is 21.6. The second-order valence-electron chi connectivity index (χ2n) is 10.8. The van der Waals surface area contributed by atoms with Crippen molar-refractivity contribution in [1.29, 1.82) is 0 Å². The minimum absolute atomic E-state index is 0.116. The summed E-state index contributed by atoms with van der Waals surface area (Å²) < 4.78 is 15.5. The predicted octanol–water partition coefficient (Wildman–Crippen LogP) is 5.54. The molecule has 0 bridgehead atoms. The van der Waals surface area contributed by atoms with Gasteiger partial charge >= 0.3 is 0 Å². The van der Waals surface area contributed by atoms with Crippen LogP contribution in [0.1, 0.15) is 46.2 Å². The summed E-state index contributed by atoms with van der Waals surface area (Å²) in [5.74, 6) is 1.17. The molecular weight excluding hydrogens is 495 g/mol. The maximum Gasteiger partial charge on any atom is 0.256 e. The fourth-order valence-electron chi connectivity index (χ4n) is 6.53. The van der Waals surface area contributed by atoms with Crippen LogP contribution in [0.5, 0.6) is 0 Å². The van der Waals surface area contributed by atoms with Gasteiger partial charge in [-0.15, -0.1) is 0 Å². The summed E-state index contributed by atoms with van der Waals surface area (Å²) in [5, 5.41) is 5.48. The van der Waals surface area contributed by atoms with Gasteiger partial charge in [0.1, 0.15) is 5.82 Å². The number of fused-ring (bicyclic) bond motifs is 1. The van der Waals surface area contributed by atoms with Crippen molar-refractivity contribution in [2.75, 3.05) is 39.3 Å². The molecule has 38 heavy (non-hydrogen) atoms. The highest BCUT2D eigenvalue weighted by atomic mass is 32.1. The van der Waals surface area contributed by atoms with Crippen LogP contribution in [0.15, 0.2) is 71.6 Å². The molecule has 2 aromatic heterocycles. The van der Waals surface area contributed by atoms with Gasteiger partial charge in [-0.2, -0.15) is 11.3 Å². The van der Waals surface area contributed by atoms with Gasteiger partial charge in [0.05, 0.1) is 11.1 Å². The van der Waals surface area contributed by atoms with Crippen molar-refractivity contribution in [3.63, 3.8) is 0 Å². The third-order valence-corrected chi connectivity index (χ3v) is 9.21. The Labute approximate surface area is 227 Å². The molecule has 0 saturated carbocycles. The van der Waals surface area contributed by atoms with E-state index in [1.54, 1.807) is 23.5 Å². The van der Waals surface area contributed by atoms with Crippen molar-refractivity contribution >= 4 is 28.1 Å². The zero-order valence-corrected chi connectivity index (χ0v) is 22.5. The second kappa shape index (κ2) is 11.0. The van der Waals surface area contributed by atoms with Crippen LogP contribution < -0.4 is 5.73 Å². The van der Waals surface area contributed by atoms with Crippen LogP contribution in [-0.2, 0) is 6.54 Å². The number of halogens is 1. The van der Waals surface area contributed by atoms with Crippen molar-refractivity contribution in [1.82, 2.24) is 14.4 Å². The number of aromatic nitrogens is 1. The number of hydrogen-bond donors (Lipinski definition) is 1. The Morgan fingerprint density at radius 2 is 1.82 bits per heavy atom. The Balaban J connectivity index is 1.18. The van der Waals surface area contributed by atoms with E-state index in [2.05, 4.69) is 43.3 Å². The van der Waals surface area contributed by atoms with Gasteiger partial charge in [-0.1, -0.05) is 24.3 Å². The first-order chi connectivity index (χ1) is 18.6. The topological polar surface area (TPSA) is 54.5 Å². The summed E-state index contributed by atoms with van der Waals surface area (Å²) in [5.41, 5.74) is 10.2. The fraction of sp³-hybridized carbons (Fsp3) is 0.387. The number of amides is 1. The lowest BCUT2D eigenvalue weighted by Gasteiger charge is -2.34. The molecular formula is C31H35FN4OS. The van der Waals surface area contributed by atoms with E-state index in [0.29, 0.717) is 30.8 Å². The lowest BCUT2D eigenvalue weighted by molar-refractivity contribution is 0.0783. The quantitative estimate of drug-likeness (QED) is 0.342. The smallest absolute Gasteiger partial charge is 0.256 e. The number of benzene rings is 2. The molecule has 4 aromatic rings. The average Bonchev–Trinajstić information content (AvgIpc) is 3.70. The average molecular weight is 531 g/mol. The Kier molecular flexibility index (Phi) is 7.32. The van der Waals surface area contributed by atoms with E-state index in [0.717, 1.165) is 62.0 Å². The highest BCUT2D eigenvalue weighted by Crippen LogP contribution is 2.37. The summed E-state index contributed by atoms with van der Waals surface area (Å²) in [4.78, 5) is 18.6. The first-order valence-corrected chi connectivity index (χ1v) is 14.6. The Morgan fingerprint density at radius 3 is 2.55 bits per heavy atom. The Hall–Kier alpha value is -3.00. The molecule has 2 saturated heterocycles. The van der Waals surface area contributed by atoms with Crippen molar-refractivity contribution in [3.05, 3.63) is 94.1 Å². The molecule has 2 aromatic carbocycles. The van der Waals surface area contributed by atoms with Gasteiger partial charge in [-0.05, 0) is 90.0 Å². The maximum absolute atomic E-state index is 13.9. The predicted molar refractivity (Wildman–Crippen MR) is 152 cm³/mol. The van der Waals surface area contributed by atoms with Crippen LogP contribution >= 0.6 is 11.3 Å². The third kappa shape index (κ3) is 5.03. The van der Waals surface area contributed by atoms with Crippen LogP contribution in [0.4, 0.5) is 4.39 Å². The molecule has 6 rings (SSSR count). The molecule has 2 atom stereocenters. The van der Waals surface area contributed by atoms with Gasteiger partial charge in [0.2, 0.25) is 0 Å². The third-order valence-electron chi connectivity index (χ3n) is 8.51. The number of nitrogens with zero attached hydrogens (tertiary/aromatic N) is 3. The van der Waals surface area contributed by atoms with Crippen LogP contribution in [-0.4, -0.2) is 59.5 Å². The molecule has 2 unspecified atom stereocenters. The molecule has 1 amide bonds. The summed E-state index contributed by atoms with van der Waals surface area (Å²) in [6, 6.07) is 17.3. The molecule has 0 spiro atoms. The van der Waals surface area contributed by atoms with Gasteiger partial charge in [0, 0.05) is 50.2 Å². The highest BCUT2D eigenvalue weighted by molar-refractivity contribution is 7.08. The van der Waals surface area contributed by atoms with Gasteiger partial charge in [0.15, 0.2) is 0 Å². The molecule has 2 aliphatic heterocycles. The van der Waals surface area contributed by atoms with Crippen molar-refractivity contribution in [2.24, 2.45) is 11.7 Å². The van der Waals surface area contributed by atoms with E-state index in [4.69, 9.17) is 5.73 Å². The molecule has 5 nitrogen and oxygen atoms in total. The number of thiophene rings is 1. The molecule has 7 heteroatoms. The van der Waals surface area contributed by atoms with Gasteiger partial charge < -0.3 is 20.1 Å². The SMILES string of the molecule is NCCn1ccc2cccc(C(=O)N3CC(CN4CCC(c5ccc(F)cc5)CC4)C(c4ccsc4)C3)c21. The van der Waals surface area contributed by atoms with E-state index < -0.39 is 0 Å². The number of carbonyl (C=O) groups excluding carboxylic acids is 1. The van der Waals surface area contributed by atoms with Gasteiger partial charge in [0.25, 0.3) is 5.91 Å². The Morgan fingerprint density at radius 1 is 1.00 bits per heavy atom. The normalized spacial score (nSPS) is 20.9. The van der Waals surface area contributed by atoms with Gasteiger partial charge in [-0.3, -0.25) is 4.79 Å². The number of rotatable bonds is 7. The van der Waals surface area contributed by atoms with Crippen LogP contribution in [0, 0.1) is 11.7 Å². The van der Waals surface area contributed by atoms with E-state index in [9.17, 15) is 9.18 Å². The monoisotopic (exact) mass is 530 g/mol. The van der Waals surface area contributed by atoms with E-state index in [1.165, 1.54) is 11.1 Å². The summed E-state index contributed by atoms with van der Waals surface area (Å²) in [7, 11) is 0. The van der Waals surface area contributed by atoms with Crippen molar-refractivity contribution in [3.8, 4) is 0 Å². The zero-order chi connectivity index (χ0) is 26.1. The summed E-state index contributed by atoms with van der Waals surface area (Å²) in [6.07, 6.45) is 4.21. The number of hydrogen-bond acceptors (Lipinski definition) is 4. The number of nitrogens with two attached hydrogens (primary N) is 1. The van der Waals surface area contributed by atoms with Crippen LogP contribution in [0.25, 0.3) is 10.9 Å². The summed E-state index contributed by atoms with van der Waals surface area (Å²) >= 11 is 1.73. The standard InChI is InChI=1S/C31H35FN4OS/c32-27-6-4-22(5-7-27)23-8-13-34(14-9-23)18-26-19-36(20-29(26)25-11-17-38-21-25)31(37)28-3-1-2-24-10-15-35(16-12-33)30(24)28/h1-7,10-11,15,17,21,23,26,29H,8-9,12-14,16,18-20,33H2. The molecule has 2 aliphatic rings. The van der Waals surface area contributed by atoms with E-state index in [-0.39, 0.29) is 11.7 Å². The van der Waals surface area contributed by atoms with E-state index in [1.807, 2.05) is 30.5 Å². The molecule has 198 valence electrons. The van der Waals surface area contributed by atoms with Crippen LogP contribution in [0.2, 0.25) is 0 Å². The first kappa shape index (κ1) is 25.3. The molecule has 0 radical (unpaired) electrons. The van der Waals surface area contributed by atoms with Crippen molar-refractivity contribution < 1.29 is 9.18 Å². The Bertz CT molecular complexity index is 1370. The summed E-state index contributed by atoms with van der Waals surface area (Å²) in [6.45, 7) is 5.82. The van der Waals surface area contributed by atoms with Crippen LogP contribution in [0.3, 0.4) is 0 Å². The minimum Gasteiger partial charge on any atom is -0.346 e. The lowest BCUT2D eigenvalue weighted by Crippen LogP contribution is -2.38. The molecule has 4 heterocycles. The first-order valence-electron chi connectivity index (χ1n) is 13.7. The second-order valence-corrected chi connectivity index (χ2v) is 11.6. The fourth-order valence-corrected chi connectivity index (χ4v) is 7.26. The number of para-hydroxylation sites is 1. The number of carbonyl (C=O) groups is 1. The molecule has 2 N–H and O–H groups in total. The minimum atomic E-state index is -0.171. The number of piperidine rings is 1. The van der Waals surface area contributed by atoms with Crippen molar-refractivity contribution in [2.45, 2.75) is 31.2 Å². The highest BCUT2D eigenvalue weighted by Gasteiger charge is 2.38. The largest absolute Gasteiger partial charge is 0.346 e.